The Labute approximate surface area is 220 Å². The maximum absolute atomic E-state index is 15.9. The monoisotopic (exact) mass is 513 g/mol. The van der Waals surface area contributed by atoms with E-state index in [-0.39, 0.29) is 17.8 Å². The number of halogens is 1. The molecule has 1 aliphatic heterocycles. The van der Waals surface area contributed by atoms with Crippen LogP contribution < -0.4 is 0 Å². The molecule has 0 bridgehead atoms. The molecule has 0 saturated carbocycles. The van der Waals surface area contributed by atoms with Gasteiger partial charge in [0, 0.05) is 32.0 Å². The van der Waals surface area contributed by atoms with Crippen molar-refractivity contribution in [3.63, 3.8) is 0 Å². The first-order valence-corrected chi connectivity index (χ1v) is 13.1. The average molecular weight is 514 g/mol. The second-order valence-electron chi connectivity index (χ2n) is 10.8. The quantitative estimate of drug-likeness (QED) is 0.327. The first kappa shape index (κ1) is 24.7. The molecule has 0 radical (unpaired) electrons. The third kappa shape index (κ3) is 4.08. The van der Waals surface area contributed by atoms with E-state index in [9.17, 15) is 5.11 Å². The molecule has 6 rings (SSSR count). The lowest BCUT2D eigenvalue weighted by atomic mass is 9.86. The number of aryl methyl sites for hydroxylation is 2. The number of fused-ring (bicyclic) bond motifs is 3. The van der Waals surface area contributed by atoms with Crippen molar-refractivity contribution in [1.29, 1.82) is 0 Å². The molecule has 1 fully saturated rings. The highest BCUT2D eigenvalue weighted by molar-refractivity contribution is 6.07. The van der Waals surface area contributed by atoms with E-state index in [0.29, 0.717) is 29.7 Å². The molecular formula is C30H32FN5O2. The van der Waals surface area contributed by atoms with Gasteiger partial charge in [0.25, 0.3) is 0 Å². The number of aliphatic hydroxyl groups is 1. The van der Waals surface area contributed by atoms with Crippen LogP contribution in [0, 0.1) is 18.7 Å². The van der Waals surface area contributed by atoms with Crippen LogP contribution in [-0.2, 0) is 17.4 Å². The van der Waals surface area contributed by atoms with Crippen molar-refractivity contribution in [2.75, 3.05) is 13.2 Å². The van der Waals surface area contributed by atoms with E-state index in [4.69, 9.17) is 9.72 Å². The lowest BCUT2D eigenvalue weighted by Gasteiger charge is -2.33. The van der Waals surface area contributed by atoms with Crippen LogP contribution in [0.3, 0.4) is 0 Å². The molecule has 196 valence electrons. The number of benzene rings is 2. The topological polar surface area (TPSA) is 78.0 Å². The zero-order chi connectivity index (χ0) is 26.6. The zero-order valence-corrected chi connectivity index (χ0v) is 22.1. The normalized spacial score (nSPS) is 15.9. The third-order valence-corrected chi connectivity index (χ3v) is 7.80. The molecule has 1 aliphatic rings. The SMILES string of the molecule is Cc1nnn(C)c1-c1cnc2c3c(F)cc(C(C)(C)O)cc3n([C@H](c3ccccc3)C3CCOCC3)c2c1. The Morgan fingerprint density at radius 2 is 1.82 bits per heavy atom. The fraction of sp³-hybridized carbons (Fsp3) is 0.367. The molecule has 3 aromatic heterocycles. The van der Waals surface area contributed by atoms with Crippen molar-refractivity contribution in [3.8, 4) is 11.3 Å². The fourth-order valence-corrected chi connectivity index (χ4v) is 5.93. The molecule has 4 heterocycles. The van der Waals surface area contributed by atoms with E-state index in [0.717, 1.165) is 46.4 Å². The van der Waals surface area contributed by atoms with E-state index >= 15 is 4.39 Å². The summed E-state index contributed by atoms with van der Waals surface area (Å²) in [6.45, 7) is 6.67. The van der Waals surface area contributed by atoms with Gasteiger partial charge >= 0.3 is 0 Å². The smallest absolute Gasteiger partial charge is 0.135 e. The van der Waals surface area contributed by atoms with Crippen LogP contribution in [-0.4, -0.2) is 42.9 Å². The van der Waals surface area contributed by atoms with E-state index in [2.05, 4.69) is 33.1 Å². The summed E-state index contributed by atoms with van der Waals surface area (Å²) in [5, 5.41) is 19.7. The maximum atomic E-state index is 15.9. The fourth-order valence-electron chi connectivity index (χ4n) is 5.93. The molecule has 8 heteroatoms. The summed E-state index contributed by atoms with van der Waals surface area (Å²) in [7, 11) is 1.86. The van der Waals surface area contributed by atoms with Gasteiger partial charge in [-0.15, -0.1) is 5.10 Å². The largest absolute Gasteiger partial charge is 0.386 e. The van der Waals surface area contributed by atoms with Gasteiger partial charge in [-0.2, -0.15) is 0 Å². The van der Waals surface area contributed by atoms with Crippen molar-refractivity contribution in [2.45, 2.75) is 45.3 Å². The van der Waals surface area contributed by atoms with Gasteiger partial charge in [-0.25, -0.2) is 9.07 Å². The molecule has 0 aliphatic carbocycles. The van der Waals surface area contributed by atoms with Crippen LogP contribution in [0.1, 0.15) is 49.6 Å². The van der Waals surface area contributed by atoms with Crippen LogP contribution >= 0.6 is 0 Å². The van der Waals surface area contributed by atoms with Gasteiger partial charge in [-0.05, 0) is 68.9 Å². The molecule has 7 nitrogen and oxygen atoms in total. The number of hydrogen-bond acceptors (Lipinski definition) is 5. The van der Waals surface area contributed by atoms with E-state index in [1.807, 2.05) is 38.2 Å². The minimum absolute atomic E-state index is 0.0700. The Balaban J connectivity index is 1.72. The molecule has 1 atom stereocenters. The first-order valence-electron chi connectivity index (χ1n) is 13.1. The van der Waals surface area contributed by atoms with Crippen LogP contribution in [0.15, 0.2) is 54.7 Å². The molecule has 1 saturated heterocycles. The Morgan fingerprint density at radius 1 is 1.08 bits per heavy atom. The summed E-state index contributed by atoms with van der Waals surface area (Å²) in [5.41, 5.74) is 5.18. The lowest BCUT2D eigenvalue weighted by molar-refractivity contribution is 0.0552. The highest BCUT2D eigenvalue weighted by Gasteiger charge is 2.32. The Hall–Kier alpha value is -3.62. The second kappa shape index (κ2) is 9.29. The minimum Gasteiger partial charge on any atom is -0.386 e. The highest BCUT2D eigenvalue weighted by Crippen LogP contribution is 2.42. The van der Waals surface area contributed by atoms with Gasteiger partial charge in [0.2, 0.25) is 0 Å². The van der Waals surface area contributed by atoms with Gasteiger partial charge in [0.05, 0.1) is 45.0 Å². The minimum atomic E-state index is -1.20. The third-order valence-electron chi connectivity index (χ3n) is 7.80. The van der Waals surface area contributed by atoms with Crippen LogP contribution in [0.4, 0.5) is 4.39 Å². The lowest BCUT2D eigenvalue weighted by Crippen LogP contribution is -2.27. The van der Waals surface area contributed by atoms with E-state index < -0.39 is 5.60 Å². The summed E-state index contributed by atoms with van der Waals surface area (Å²) in [6.07, 6.45) is 3.56. The van der Waals surface area contributed by atoms with Gasteiger partial charge < -0.3 is 14.4 Å². The molecule has 5 aromatic rings. The van der Waals surface area contributed by atoms with Crippen molar-refractivity contribution in [3.05, 3.63) is 77.4 Å². The molecule has 0 amide bonds. The Kier molecular flexibility index (Phi) is 6.04. The first-order chi connectivity index (χ1) is 18.2. The van der Waals surface area contributed by atoms with E-state index in [1.54, 1.807) is 24.7 Å². The highest BCUT2D eigenvalue weighted by atomic mass is 19.1. The Bertz CT molecular complexity index is 1610. The molecule has 2 aromatic carbocycles. The van der Waals surface area contributed by atoms with Crippen LogP contribution in [0.2, 0.25) is 0 Å². The molecular weight excluding hydrogens is 481 g/mol. The summed E-state index contributed by atoms with van der Waals surface area (Å²) < 4.78 is 25.6. The number of aromatic nitrogens is 5. The summed E-state index contributed by atoms with van der Waals surface area (Å²) >= 11 is 0. The predicted molar refractivity (Wildman–Crippen MR) is 145 cm³/mol. The van der Waals surface area contributed by atoms with Gasteiger partial charge in [-0.3, -0.25) is 4.98 Å². The van der Waals surface area contributed by atoms with Crippen molar-refractivity contribution in [2.24, 2.45) is 13.0 Å². The number of hydrogen-bond donors (Lipinski definition) is 1. The van der Waals surface area contributed by atoms with Crippen LogP contribution in [0.25, 0.3) is 33.2 Å². The van der Waals surface area contributed by atoms with Crippen molar-refractivity contribution < 1.29 is 14.2 Å². The van der Waals surface area contributed by atoms with E-state index in [1.165, 1.54) is 6.07 Å². The standard InChI is InChI=1S/C30H32FN5O2/c1-18-28(35(4)34-33-18)21-14-25-27(32-17-21)26-23(31)15-22(30(2,3)37)16-24(26)36(25)29(19-8-6-5-7-9-19)20-10-12-38-13-11-20/h5-9,14-17,20,29,37H,10-13H2,1-4H3/t29-/m1/s1. The predicted octanol–water partition coefficient (Wildman–Crippen LogP) is 5.68. The van der Waals surface area contributed by atoms with Crippen molar-refractivity contribution >= 4 is 21.9 Å². The summed E-state index contributed by atoms with van der Waals surface area (Å²) in [5.74, 6) is -0.108. The summed E-state index contributed by atoms with van der Waals surface area (Å²) in [4.78, 5) is 4.83. The van der Waals surface area contributed by atoms with Crippen LogP contribution in [0.5, 0.6) is 0 Å². The Morgan fingerprint density at radius 3 is 2.47 bits per heavy atom. The number of rotatable bonds is 5. The summed E-state index contributed by atoms with van der Waals surface area (Å²) in [6, 6.07) is 15.8. The zero-order valence-electron chi connectivity index (χ0n) is 22.1. The van der Waals surface area contributed by atoms with Crippen molar-refractivity contribution in [1.82, 2.24) is 24.5 Å². The van der Waals surface area contributed by atoms with Gasteiger partial charge in [0.1, 0.15) is 5.82 Å². The number of ether oxygens (including phenoxy) is 1. The second-order valence-corrected chi connectivity index (χ2v) is 10.8. The van der Waals surface area contributed by atoms with Gasteiger partial charge in [-0.1, -0.05) is 35.5 Å². The molecule has 38 heavy (non-hydrogen) atoms. The molecule has 0 unspecified atom stereocenters. The molecule has 0 spiro atoms. The van der Waals surface area contributed by atoms with Gasteiger partial charge in [0.15, 0.2) is 0 Å². The number of nitrogens with zero attached hydrogens (tertiary/aromatic N) is 5. The number of pyridine rings is 1. The average Bonchev–Trinajstić information content (AvgIpc) is 3.41. The maximum Gasteiger partial charge on any atom is 0.135 e. The molecule has 1 N–H and O–H groups in total.